The topological polar surface area (TPSA) is 31.2 Å². The number of nitrogens with zero attached hydrogens (tertiary/aromatic N) is 1. The molecule has 1 aromatic heterocycles. The third kappa shape index (κ3) is 1.71. The molecule has 0 fully saturated rings. The summed E-state index contributed by atoms with van der Waals surface area (Å²) in [4.78, 5) is 11.2. The molecule has 0 aliphatic carbocycles. The van der Waals surface area contributed by atoms with Crippen molar-refractivity contribution in [3.63, 3.8) is 0 Å². The monoisotopic (exact) mass is 191 g/mol. The van der Waals surface area contributed by atoms with Crippen molar-refractivity contribution in [3.8, 4) is 0 Å². The summed E-state index contributed by atoms with van der Waals surface area (Å²) < 4.78 is 7.01. The first-order valence-corrected chi connectivity index (χ1v) is 4.80. The first kappa shape index (κ1) is 9.06. The van der Waals surface area contributed by atoms with Crippen molar-refractivity contribution >= 4 is 12.0 Å². The molecule has 0 saturated heterocycles. The average molecular weight is 191 g/mol. The molecule has 2 rings (SSSR count). The molecule has 74 valence electrons. The maximum absolute atomic E-state index is 11.2. The lowest BCUT2D eigenvalue weighted by atomic mass is 10.2. The second-order valence-electron chi connectivity index (χ2n) is 3.35. The van der Waals surface area contributed by atoms with Crippen molar-refractivity contribution in [1.29, 1.82) is 0 Å². The number of aromatic nitrogens is 1. The van der Waals surface area contributed by atoms with Gasteiger partial charge in [-0.05, 0) is 30.7 Å². The van der Waals surface area contributed by atoms with E-state index in [-0.39, 0.29) is 5.97 Å². The van der Waals surface area contributed by atoms with Crippen LogP contribution in [0.5, 0.6) is 0 Å². The van der Waals surface area contributed by atoms with Gasteiger partial charge in [-0.1, -0.05) is 0 Å². The van der Waals surface area contributed by atoms with Crippen LogP contribution in [0, 0.1) is 0 Å². The molecule has 0 radical (unpaired) electrons. The molecule has 0 amide bonds. The van der Waals surface area contributed by atoms with Crippen molar-refractivity contribution in [2.24, 2.45) is 0 Å². The summed E-state index contributed by atoms with van der Waals surface area (Å²) in [5.41, 5.74) is 2.29. The SMILES string of the molecule is CCOC(=O)CC1=Cc2cccn2C1. The van der Waals surface area contributed by atoms with E-state index in [9.17, 15) is 4.79 Å². The predicted molar refractivity (Wildman–Crippen MR) is 53.7 cm³/mol. The molecular formula is C11H13NO2. The molecule has 0 N–H and O–H groups in total. The van der Waals surface area contributed by atoms with Crippen molar-refractivity contribution < 1.29 is 9.53 Å². The fourth-order valence-electron chi connectivity index (χ4n) is 1.68. The van der Waals surface area contributed by atoms with Gasteiger partial charge in [-0.25, -0.2) is 0 Å². The zero-order chi connectivity index (χ0) is 9.97. The summed E-state index contributed by atoms with van der Waals surface area (Å²) >= 11 is 0. The van der Waals surface area contributed by atoms with E-state index < -0.39 is 0 Å². The Hall–Kier alpha value is -1.51. The summed E-state index contributed by atoms with van der Waals surface area (Å²) in [7, 11) is 0. The maximum Gasteiger partial charge on any atom is 0.309 e. The Labute approximate surface area is 83.0 Å². The molecule has 1 aliphatic heterocycles. The van der Waals surface area contributed by atoms with Crippen LogP contribution in [0.4, 0.5) is 0 Å². The number of hydrogen-bond donors (Lipinski definition) is 0. The average Bonchev–Trinajstić information content (AvgIpc) is 2.63. The third-order valence-electron chi connectivity index (χ3n) is 2.27. The van der Waals surface area contributed by atoms with Gasteiger partial charge in [0.1, 0.15) is 0 Å². The van der Waals surface area contributed by atoms with Crippen molar-refractivity contribution in [1.82, 2.24) is 4.57 Å². The van der Waals surface area contributed by atoms with E-state index in [1.165, 1.54) is 5.69 Å². The van der Waals surface area contributed by atoms with Gasteiger partial charge in [-0.3, -0.25) is 4.79 Å². The molecule has 0 spiro atoms. The van der Waals surface area contributed by atoms with Gasteiger partial charge in [-0.2, -0.15) is 0 Å². The number of hydrogen-bond acceptors (Lipinski definition) is 2. The van der Waals surface area contributed by atoms with Gasteiger partial charge in [-0.15, -0.1) is 0 Å². The smallest absolute Gasteiger partial charge is 0.309 e. The standard InChI is InChI=1S/C11H13NO2/c1-2-14-11(13)7-9-6-10-4-3-5-12(10)8-9/h3-6H,2,7-8H2,1H3. The number of esters is 1. The summed E-state index contributed by atoms with van der Waals surface area (Å²) in [5, 5.41) is 0. The third-order valence-corrected chi connectivity index (χ3v) is 2.27. The van der Waals surface area contributed by atoms with E-state index >= 15 is 0 Å². The highest BCUT2D eigenvalue weighted by Gasteiger charge is 2.14. The Morgan fingerprint density at radius 2 is 2.50 bits per heavy atom. The molecule has 0 atom stereocenters. The van der Waals surface area contributed by atoms with E-state index in [0.717, 1.165) is 12.1 Å². The zero-order valence-electron chi connectivity index (χ0n) is 8.19. The van der Waals surface area contributed by atoms with Crippen LogP contribution in [-0.4, -0.2) is 17.1 Å². The first-order valence-electron chi connectivity index (χ1n) is 4.80. The number of carbonyl (C=O) groups excluding carboxylic acids is 1. The lowest BCUT2D eigenvalue weighted by molar-refractivity contribution is -0.142. The summed E-state index contributed by atoms with van der Waals surface area (Å²) in [6.07, 6.45) is 4.48. The van der Waals surface area contributed by atoms with Gasteiger partial charge in [0.05, 0.1) is 13.0 Å². The van der Waals surface area contributed by atoms with Crippen LogP contribution >= 0.6 is 0 Å². The number of ether oxygens (including phenoxy) is 1. The number of carbonyl (C=O) groups is 1. The van der Waals surface area contributed by atoms with E-state index in [1.54, 1.807) is 0 Å². The minimum absolute atomic E-state index is 0.135. The molecule has 0 saturated carbocycles. The predicted octanol–water partition coefficient (Wildman–Crippen LogP) is 1.84. The summed E-state index contributed by atoms with van der Waals surface area (Å²) in [6.45, 7) is 3.10. The van der Waals surface area contributed by atoms with E-state index in [0.29, 0.717) is 13.0 Å². The second kappa shape index (κ2) is 3.70. The minimum atomic E-state index is -0.135. The van der Waals surface area contributed by atoms with Crippen LogP contribution in [0.25, 0.3) is 6.08 Å². The highest BCUT2D eigenvalue weighted by atomic mass is 16.5. The molecule has 0 unspecified atom stereocenters. The second-order valence-corrected chi connectivity index (χ2v) is 3.35. The molecule has 14 heavy (non-hydrogen) atoms. The van der Waals surface area contributed by atoms with Crippen LogP contribution in [0.2, 0.25) is 0 Å². The minimum Gasteiger partial charge on any atom is -0.466 e. The van der Waals surface area contributed by atoms with Crippen LogP contribution < -0.4 is 0 Å². The van der Waals surface area contributed by atoms with E-state index in [2.05, 4.69) is 10.6 Å². The van der Waals surface area contributed by atoms with Gasteiger partial charge in [0.25, 0.3) is 0 Å². The van der Waals surface area contributed by atoms with Crippen LogP contribution in [-0.2, 0) is 16.1 Å². The fourth-order valence-corrected chi connectivity index (χ4v) is 1.68. The Balaban J connectivity index is 1.97. The first-order chi connectivity index (χ1) is 6.79. The van der Waals surface area contributed by atoms with Crippen LogP contribution in [0.15, 0.2) is 23.9 Å². The van der Waals surface area contributed by atoms with Gasteiger partial charge in [0.15, 0.2) is 0 Å². The molecule has 1 aliphatic rings. The summed E-state index contributed by atoms with van der Waals surface area (Å²) in [5.74, 6) is -0.135. The molecular weight excluding hydrogens is 178 g/mol. The molecule has 0 bridgehead atoms. The lowest BCUT2D eigenvalue weighted by Crippen LogP contribution is -2.06. The Bertz CT molecular complexity index is 376. The maximum atomic E-state index is 11.2. The summed E-state index contributed by atoms with van der Waals surface area (Å²) in [6, 6.07) is 4.05. The molecule has 2 heterocycles. The molecule has 1 aromatic rings. The van der Waals surface area contributed by atoms with Crippen molar-refractivity contribution in [2.45, 2.75) is 19.9 Å². The van der Waals surface area contributed by atoms with Gasteiger partial charge < -0.3 is 9.30 Å². The Kier molecular flexibility index (Phi) is 2.39. The Morgan fingerprint density at radius 3 is 3.21 bits per heavy atom. The largest absolute Gasteiger partial charge is 0.466 e. The zero-order valence-corrected chi connectivity index (χ0v) is 8.19. The highest BCUT2D eigenvalue weighted by Crippen LogP contribution is 2.21. The van der Waals surface area contributed by atoms with Gasteiger partial charge in [0, 0.05) is 18.4 Å². The van der Waals surface area contributed by atoms with Crippen molar-refractivity contribution in [3.05, 3.63) is 29.6 Å². The van der Waals surface area contributed by atoms with Crippen LogP contribution in [0.1, 0.15) is 19.0 Å². The highest BCUT2D eigenvalue weighted by molar-refractivity contribution is 5.75. The van der Waals surface area contributed by atoms with Crippen molar-refractivity contribution in [2.75, 3.05) is 6.61 Å². The molecule has 3 nitrogen and oxygen atoms in total. The molecule has 3 heteroatoms. The van der Waals surface area contributed by atoms with Gasteiger partial charge in [0.2, 0.25) is 0 Å². The Morgan fingerprint density at radius 1 is 1.64 bits per heavy atom. The van der Waals surface area contributed by atoms with E-state index in [4.69, 9.17) is 4.74 Å². The van der Waals surface area contributed by atoms with Gasteiger partial charge >= 0.3 is 5.97 Å². The lowest BCUT2D eigenvalue weighted by Gasteiger charge is -2.02. The number of fused-ring (bicyclic) bond motifs is 1. The normalized spacial score (nSPS) is 13.6. The molecule has 0 aromatic carbocycles. The van der Waals surface area contributed by atoms with E-state index in [1.807, 2.05) is 25.3 Å². The fraction of sp³-hybridized carbons (Fsp3) is 0.364. The number of rotatable bonds is 3. The van der Waals surface area contributed by atoms with Crippen LogP contribution in [0.3, 0.4) is 0 Å². The quantitative estimate of drug-likeness (QED) is 0.682.